The quantitative estimate of drug-likeness (QED) is 0.192. The fourth-order valence-corrected chi connectivity index (χ4v) is 6.51. The van der Waals surface area contributed by atoms with Crippen LogP contribution >= 0.6 is 33.9 Å². The van der Waals surface area contributed by atoms with E-state index in [1.807, 2.05) is 49.9 Å². The number of pyridine rings is 1. The molecule has 1 aliphatic heterocycles. The van der Waals surface area contributed by atoms with Crippen LogP contribution in [0.25, 0.3) is 0 Å². The van der Waals surface area contributed by atoms with Crippen LogP contribution in [0.1, 0.15) is 56.7 Å². The molecule has 0 aliphatic carbocycles. The number of hydrogen-bond acceptors (Lipinski definition) is 5. The van der Waals surface area contributed by atoms with Crippen LogP contribution in [0.4, 0.5) is 22.4 Å². The molecule has 1 amide bonds. The first-order chi connectivity index (χ1) is 16.6. The summed E-state index contributed by atoms with van der Waals surface area (Å²) in [6.45, 7) is 8.66. The van der Waals surface area contributed by atoms with Crippen molar-refractivity contribution in [1.82, 2.24) is 15.2 Å². The van der Waals surface area contributed by atoms with Gasteiger partial charge in [0, 0.05) is 34.3 Å². The van der Waals surface area contributed by atoms with Gasteiger partial charge in [-0.1, -0.05) is 6.07 Å². The van der Waals surface area contributed by atoms with E-state index in [-0.39, 0.29) is 32.4 Å². The first-order valence-electron chi connectivity index (χ1n) is 11.8. The first-order valence-corrected chi connectivity index (χ1v) is 13.7. The Balaban J connectivity index is 2.01. The average Bonchev–Trinajstić information content (AvgIpc) is 3.38. The Labute approximate surface area is 227 Å². The fourth-order valence-electron chi connectivity index (χ4n) is 4.76. The molecule has 1 saturated heterocycles. The highest BCUT2D eigenvalue weighted by Crippen LogP contribution is 2.54. The molecule has 1 aliphatic rings. The smallest absolute Gasteiger partial charge is 0.442 e. The van der Waals surface area contributed by atoms with Crippen molar-refractivity contribution in [2.24, 2.45) is 5.41 Å². The molecule has 2 aromatic rings. The number of alkyl carbamates (subject to hydrolysis) is 1. The van der Waals surface area contributed by atoms with Crippen molar-refractivity contribution in [2.75, 3.05) is 13.1 Å². The summed E-state index contributed by atoms with van der Waals surface area (Å²) in [6, 6.07) is 7.47. The zero-order valence-corrected chi connectivity index (χ0v) is 24.0. The third-order valence-electron chi connectivity index (χ3n) is 6.98. The van der Waals surface area contributed by atoms with E-state index in [0.717, 1.165) is 19.0 Å². The minimum Gasteiger partial charge on any atom is -0.447 e. The molecule has 11 heteroatoms. The molecule has 3 heterocycles. The van der Waals surface area contributed by atoms with Crippen LogP contribution in [-0.4, -0.2) is 47.1 Å². The lowest BCUT2D eigenvalue weighted by atomic mass is 9.72. The van der Waals surface area contributed by atoms with Gasteiger partial charge in [-0.2, -0.15) is 13.2 Å². The van der Waals surface area contributed by atoms with Crippen molar-refractivity contribution in [3.05, 3.63) is 49.5 Å². The van der Waals surface area contributed by atoms with Gasteiger partial charge in [0.2, 0.25) is 0 Å². The van der Waals surface area contributed by atoms with Gasteiger partial charge in [-0.15, -0.1) is 11.3 Å². The SMILES string of the molecule is Cc1ccc(C(C)(C)N2CCC(CCc3ccc(I)s3)(C(F)(NC(=O)OC(C)C)C(F)(F)F)C2)cn1. The number of amides is 1. The highest BCUT2D eigenvalue weighted by molar-refractivity contribution is 14.1. The largest absolute Gasteiger partial charge is 0.447 e. The van der Waals surface area contributed by atoms with Crippen LogP contribution in [0.15, 0.2) is 30.5 Å². The molecule has 0 spiro atoms. The van der Waals surface area contributed by atoms with Crippen molar-refractivity contribution < 1.29 is 27.1 Å². The van der Waals surface area contributed by atoms with Gasteiger partial charge < -0.3 is 4.74 Å². The maximum atomic E-state index is 16.5. The molecule has 0 aromatic carbocycles. The number of aryl methyl sites for hydroxylation is 2. The van der Waals surface area contributed by atoms with Gasteiger partial charge in [0.15, 0.2) is 0 Å². The summed E-state index contributed by atoms with van der Waals surface area (Å²) in [7, 11) is 0. The molecule has 2 aromatic heterocycles. The summed E-state index contributed by atoms with van der Waals surface area (Å²) in [6.07, 6.45) is -5.69. The van der Waals surface area contributed by atoms with Gasteiger partial charge in [-0.3, -0.25) is 15.2 Å². The Morgan fingerprint density at radius 1 is 1.25 bits per heavy atom. The van der Waals surface area contributed by atoms with Crippen LogP contribution < -0.4 is 5.32 Å². The minimum atomic E-state index is -5.35. The van der Waals surface area contributed by atoms with E-state index in [2.05, 4.69) is 27.6 Å². The molecule has 1 N–H and O–H groups in total. The second-order valence-corrected chi connectivity index (χ2v) is 13.2. The van der Waals surface area contributed by atoms with Crippen molar-refractivity contribution in [3.8, 4) is 0 Å². The predicted octanol–water partition coefficient (Wildman–Crippen LogP) is 6.98. The molecule has 0 bridgehead atoms. The van der Waals surface area contributed by atoms with Crippen molar-refractivity contribution in [1.29, 1.82) is 0 Å². The summed E-state index contributed by atoms with van der Waals surface area (Å²) in [4.78, 5) is 19.4. The van der Waals surface area contributed by atoms with Crippen LogP contribution in [-0.2, 0) is 16.7 Å². The lowest BCUT2D eigenvalue weighted by molar-refractivity contribution is -0.280. The summed E-state index contributed by atoms with van der Waals surface area (Å²) in [5, 5.41) is 1.62. The second-order valence-electron chi connectivity index (χ2n) is 10.1. The Hall–Kier alpha value is -1.47. The van der Waals surface area contributed by atoms with Crippen LogP contribution in [0.2, 0.25) is 0 Å². The van der Waals surface area contributed by atoms with E-state index in [9.17, 15) is 18.0 Å². The maximum absolute atomic E-state index is 16.5. The van der Waals surface area contributed by atoms with Gasteiger partial charge in [0.05, 0.1) is 8.99 Å². The number of aromatic nitrogens is 1. The van der Waals surface area contributed by atoms with E-state index >= 15 is 4.39 Å². The summed E-state index contributed by atoms with van der Waals surface area (Å²) < 4.78 is 66.0. The summed E-state index contributed by atoms with van der Waals surface area (Å²) in [5.74, 6) is -3.98. The zero-order chi connectivity index (χ0) is 26.9. The maximum Gasteiger partial charge on any atom is 0.442 e. The molecule has 2 unspecified atom stereocenters. The van der Waals surface area contributed by atoms with Crippen LogP contribution in [0, 0.1) is 15.2 Å². The number of rotatable bonds is 8. The molecule has 5 nitrogen and oxygen atoms in total. The standard InChI is InChI=1S/C25H32F4IN3O2S/c1-16(2)35-21(34)32-24(26,25(27,28)29)23(11-10-19-8-9-20(30)36-19)12-13-33(15-23)22(4,5)18-7-6-17(3)31-14-18/h6-9,14,16H,10-13,15H2,1-5H3,(H,32,34). The number of nitrogens with zero attached hydrogens (tertiary/aromatic N) is 2. The van der Waals surface area contributed by atoms with E-state index in [4.69, 9.17) is 4.74 Å². The third-order valence-corrected chi connectivity index (χ3v) is 8.93. The average molecular weight is 642 g/mol. The fraction of sp³-hybridized carbons (Fsp3) is 0.600. The molecule has 36 heavy (non-hydrogen) atoms. The topological polar surface area (TPSA) is 54.5 Å². The Morgan fingerprint density at radius 2 is 1.94 bits per heavy atom. The number of nitrogens with one attached hydrogen (secondary N) is 1. The van der Waals surface area contributed by atoms with Crippen molar-refractivity contribution >= 4 is 40.0 Å². The zero-order valence-electron chi connectivity index (χ0n) is 21.0. The van der Waals surface area contributed by atoms with Crippen LogP contribution in [0.5, 0.6) is 0 Å². The Bertz CT molecular complexity index is 1060. The normalized spacial score (nSPS) is 21.0. The molecule has 0 saturated carbocycles. The highest BCUT2D eigenvalue weighted by atomic mass is 127. The number of thiophene rings is 1. The molecule has 2 atom stereocenters. The lowest BCUT2D eigenvalue weighted by Crippen LogP contribution is -2.67. The number of carbonyl (C=O) groups is 1. The van der Waals surface area contributed by atoms with E-state index in [1.165, 1.54) is 25.2 Å². The number of likely N-dealkylation sites (tertiary alicyclic amines) is 1. The first kappa shape index (κ1) is 29.1. The number of halogens is 5. The molecule has 3 rings (SSSR count). The van der Waals surface area contributed by atoms with Gasteiger partial charge in [-0.25, -0.2) is 9.18 Å². The van der Waals surface area contributed by atoms with E-state index in [0.29, 0.717) is 0 Å². The summed E-state index contributed by atoms with van der Waals surface area (Å²) in [5.41, 5.74) is -0.985. The highest BCUT2D eigenvalue weighted by Gasteiger charge is 2.71. The molecule has 0 radical (unpaired) electrons. The lowest BCUT2D eigenvalue weighted by Gasteiger charge is -2.45. The van der Waals surface area contributed by atoms with Gasteiger partial charge in [0.25, 0.3) is 5.79 Å². The number of alkyl halides is 4. The van der Waals surface area contributed by atoms with Crippen molar-refractivity contribution in [2.45, 2.75) is 77.5 Å². The summed E-state index contributed by atoms with van der Waals surface area (Å²) >= 11 is 3.61. The molecular weight excluding hydrogens is 609 g/mol. The van der Waals surface area contributed by atoms with Crippen LogP contribution in [0.3, 0.4) is 0 Å². The second kappa shape index (κ2) is 10.7. The van der Waals surface area contributed by atoms with Gasteiger partial charge in [-0.05, 0) is 107 Å². The van der Waals surface area contributed by atoms with Gasteiger partial charge in [0.1, 0.15) is 0 Å². The molecular formula is C25H32F4IN3O2S. The van der Waals surface area contributed by atoms with E-state index in [1.54, 1.807) is 11.5 Å². The molecule has 200 valence electrons. The number of ether oxygens (including phenoxy) is 1. The van der Waals surface area contributed by atoms with E-state index < -0.39 is 35.1 Å². The Morgan fingerprint density at radius 3 is 2.47 bits per heavy atom. The predicted molar refractivity (Wildman–Crippen MR) is 141 cm³/mol. The third kappa shape index (κ3) is 5.98. The number of hydrogen-bond donors (Lipinski definition) is 1. The van der Waals surface area contributed by atoms with Gasteiger partial charge >= 0.3 is 12.3 Å². The number of carbonyl (C=O) groups excluding carboxylic acids is 1. The Kier molecular flexibility index (Phi) is 8.66. The molecule has 1 fully saturated rings. The monoisotopic (exact) mass is 641 g/mol. The van der Waals surface area contributed by atoms with Crippen molar-refractivity contribution in [3.63, 3.8) is 0 Å². The minimum absolute atomic E-state index is 0.0871.